The van der Waals surface area contributed by atoms with Gasteiger partial charge in [-0.05, 0) is 31.0 Å². The van der Waals surface area contributed by atoms with Gasteiger partial charge in [0.2, 0.25) is 10.0 Å². The Morgan fingerprint density at radius 2 is 1.67 bits per heavy atom. The molecule has 0 fully saturated rings. The Morgan fingerprint density at radius 3 is 2.24 bits per heavy atom. The van der Waals surface area contributed by atoms with Crippen molar-refractivity contribution in [3.8, 4) is 0 Å². The van der Waals surface area contributed by atoms with Crippen LogP contribution in [0.3, 0.4) is 0 Å². The lowest BCUT2D eigenvalue weighted by Gasteiger charge is -2.16. The fourth-order valence-electron chi connectivity index (χ4n) is 2.05. The average Bonchev–Trinajstić information content (AvgIpc) is 2.48. The Bertz CT molecular complexity index is 666. The minimum atomic E-state index is -3.62. The molecular formula is C16H19NO3S. The van der Waals surface area contributed by atoms with Crippen molar-refractivity contribution in [2.45, 2.75) is 24.3 Å². The van der Waals surface area contributed by atoms with Gasteiger partial charge < -0.3 is 5.11 Å². The van der Waals surface area contributed by atoms with Gasteiger partial charge in [-0.15, -0.1) is 0 Å². The van der Waals surface area contributed by atoms with Crippen LogP contribution in [0.1, 0.15) is 11.1 Å². The molecule has 2 aromatic rings. The molecule has 2 N–H and O–H groups in total. The molecule has 0 aromatic heterocycles. The summed E-state index contributed by atoms with van der Waals surface area (Å²) in [7, 11) is -3.62. The molecule has 2 aromatic carbocycles. The number of hydrogen-bond acceptors (Lipinski definition) is 3. The molecule has 0 amide bonds. The van der Waals surface area contributed by atoms with E-state index >= 15 is 0 Å². The molecule has 0 aliphatic carbocycles. The van der Waals surface area contributed by atoms with E-state index < -0.39 is 16.1 Å². The van der Waals surface area contributed by atoms with E-state index in [0.717, 1.165) is 11.1 Å². The third kappa shape index (κ3) is 4.39. The molecule has 0 unspecified atom stereocenters. The van der Waals surface area contributed by atoms with Crippen LogP contribution in [-0.4, -0.2) is 26.2 Å². The molecule has 4 nitrogen and oxygen atoms in total. The van der Waals surface area contributed by atoms with Gasteiger partial charge in [-0.1, -0.05) is 48.0 Å². The van der Waals surface area contributed by atoms with Crippen LogP contribution in [0.15, 0.2) is 59.5 Å². The van der Waals surface area contributed by atoms with Crippen LogP contribution in [0.2, 0.25) is 0 Å². The molecule has 0 heterocycles. The normalized spacial score (nSPS) is 13.0. The zero-order valence-electron chi connectivity index (χ0n) is 11.9. The quantitative estimate of drug-likeness (QED) is 0.856. The second-order valence-electron chi connectivity index (χ2n) is 5.00. The second kappa shape index (κ2) is 6.85. The van der Waals surface area contributed by atoms with Gasteiger partial charge in [-0.3, -0.25) is 0 Å². The monoisotopic (exact) mass is 305 g/mol. The van der Waals surface area contributed by atoms with Crippen molar-refractivity contribution in [2.24, 2.45) is 0 Å². The highest BCUT2D eigenvalue weighted by Crippen LogP contribution is 2.12. The van der Waals surface area contributed by atoms with Crippen LogP contribution in [0.5, 0.6) is 0 Å². The molecule has 5 heteroatoms. The molecule has 2 rings (SSSR count). The third-order valence-electron chi connectivity index (χ3n) is 3.20. The van der Waals surface area contributed by atoms with Crippen LogP contribution in [-0.2, 0) is 16.4 Å². The average molecular weight is 305 g/mol. The largest absolute Gasteiger partial charge is 0.395 e. The molecule has 1 atom stereocenters. The van der Waals surface area contributed by atoms with E-state index in [-0.39, 0.29) is 11.5 Å². The van der Waals surface area contributed by atoms with Crippen LogP contribution in [0.25, 0.3) is 0 Å². The first-order chi connectivity index (χ1) is 10.0. The number of aryl methyl sites for hydroxylation is 1. The predicted octanol–water partition coefficient (Wildman–Crippen LogP) is 1.88. The highest BCUT2D eigenvalue weighted by molar-refractivity contribution is 7.89. The van der Waals surface area contributed by atoms with Gasteiger partial charge >= 0.3 is 0 Å². The van der Waals surface area contributed by atoms with E-state index in [2.05, 4.69) is 4.72 Å². The smallest absolute Gasteiger partial charge is 0.240 e. The minimum Gasteiger partial charge on any atom is -0.395 e. The Kier molecular flexibility index (Phi) is 5.12. The molecule has 0 spiro atoms. The maximum absolute atomic E-state index is 12.3. The van der Waals surface area contributed by atoms with Gasteiger partial charge in [0, 0.05) is 6.04 Å². The Hall–Kier alpha value is -1.69. The summed E-state index contributed by atoms with van der Waals surface area (Å²) in [6.45, 7) is 1.65. The summed E-state index contributed by atoms with van der Waals surface area (Å²) in [5.41, 5.74) is 1.97. The van der Waals surface area contributed by atoms with Crippen molar-refractivity contribution >= 4 is 10.0 Å². The van der Waals surface area contributed by atoms with Gasteiger partial charge in [0.25, 0.3) is 0 Å². The molecule has 0 bridgehead atoms. The first kappa shape index (κ1) is 15.7. The standard InChI is InChI=1S/C16H19NO3S/c1-13-7-9-16(10-8-13)21(19,20)17-15(12-18)11-14-5-3-2-4-6-14/h2-10,15,17-18H,11-12H2,1H3/t15-/m0/s1. The van der Waals surface area contributed by atoms with E-state index in [4.69, 9.17) is 0 Å². The molecule has 0 radical (unpaired) electrons. The van der Waals surface area contributed by atoms with Crippen LogP contribution < -0.4 is 4.72 Å². The summed E-state index contributed by atoms with van der Waals surface area (Å²) < 4.78 is 27.1. The zero-order valence-corrected chi connectivity index (χ0v) is 12.7. The van der Waals surface area contributed by atoms with Crippen molar-refractivity contribution in [3.05, 3.63) is 65.7 Å². The Balaban J connectivity index is 2.12. The maximum Gasteiger partial charge on any atom is 0.240 e. The minimum absolute atomic E-state index is 0.208. The molecular weight excluding hydrogens is 286 g/mol. The van der Waals surface area contributed by atoms with Crippen molar-refractivity contribution < 1.29 is 13.5 Å². The van der Waals surface area contributed by atoms with Crippen LogP contribution >= 0.6 is 0 Å². The number of sulfonamides is 1. The van der Waals surface area contributed by atoms with Crippen molar-refractivity contribution in [2.75, 3.05) is 6.61 Å². The van der Waals surface area contributed by atoms with Gasteiger partial charge in [-0.25, -0.2) is 13.1 Å². The highest BCUT2D eigenvalue weighted by atomic mass is 32.2. The summed E-state index contributed by atoms with van der Waals surface area (Å²) in [4.78, 5) is 0.208. The first-order valence-electron chi connectivity index (χ1n) is 6.75. The lowest BCUT2D eigenvalue weighted by molar-refractivity contribution is 0.256. The van der Waals surface area contributed by atoms with Crippen LogP contribution in [0.4, 0.5) is 0 Å². The molecule has 21 heavy (non-hydrogen) atoms. The summed E-state index contributed by atoms with van der Waals surface area (Å²) in [5.74, 6) is 0. The third-order valence-corrected chi connectivity index (χ3v) is 4.73. The summed E-state index contributed by atoms with van der Waals surface area (Å²) >= 11 is 0. The van der Waals surface area contributed by atoms with Gasteiger partial charge in [-0.2, -0.15) is 0 Å². The highest BCUT2D eigenvalue weighted by Gasteiger charge is 2.19. The Labute approximate surface area is 125 Å². The van der Waals surface area contributed by atoms with Crippen molar-refractivity contribution in [1.82, 2.24) is 4.72 Å². The van der Waals surface area contributed by atoms with E-state index in [1.807, 2.05) is 37.3 Å². The second-order valence-corrected chi connectivity index (χ2v) is 6.72. The van der Waals surface area contributed by atoms with E-state index in [1.54, 1.807) is 24.3 Å². The SMILES string of the molecule is Cc1ccc(S(=O)(=O)N[C@H](CO)Cc2ccccc2)cc1. The maximum atomic E-state index is 12.3. The predicted molar refractivity (Wildman–Crippen MR) is 82.5 cm³/mol. The number of aliphatic hydroxyl groups is 1. The fourth-order valence-corrected chi connectivity index (χ4v) is 3.27. The topological polar surface area (TPSA) is 66.4 Å². The molecule has 112 valence electrons. The summed E-state index contributed by atoms with van der Waals surface area (Å²) in [5, 5.41) is 9.41. The van der Waals surface area contributed by atoms with Gasteiger partial charge in [0.15, 0.2) is 0 Å². The number of benzene rings is 2. The number of aliphatic hydroxyl groups excluding tert-OH is 1. The fraction of sp³-hybridized carbons (Fsp3) is 0.250. The molecule has 0 aliphatic heterocycles. The Morgan fingerprint density at radius 1 is 1.05 bits per heavy atom. The van der Waals surface area contributed by atoms with E-state index in [0.29, 0.717) is 6.42 Å². The molecule has 0 saturated heterocycles. The van der Waals surface area contributed by atoms with E-state index in [9.17, 15) is 13.5 Å². The zero-order chi connectivity index (χ0) is 15.3. The van der Waals surface area contributed by atoms with Gasteiger partial charge in [0.1, 0.15) is 0 Å². The summed E-state index contributed by atoms with van der Waals surface area (Å²) in [6, 6.07) is 15.6. The van der Waals surface area contributed by atoms with Gasteiger partial charge in [0.05, 0.1) is 11.5 Å². The first-order valence-corrected chi connectivity index (χ1v) is 8.23. The van der Waals surface area contributed by atoms with E-state index in [1.165, 1.54) is 0 Å². The van der Waals surface area contributed by atoms with Crippen molar-refractivity contribution in [1.29, 1.82) is 0 Å². The number of rotatable bonds is 6. The molecule has 0 saturated carbocycles. The summed E-state index contributed by atoms with van der Waals surface area (Å²) in [6.07, 6.45) is 0.447. The number of hydrogen-bond donors (Lipinski definition) is 2. The molecule has 0 aliphatic rings. The van der Waals surface area contributed by atoms with Crippen molar-refractivity contribution in [3.63, 3.8) is 0 Å². The lowest BCUT2D eigenvalue weighted by atomic mass is 10.1. The lowest BCUT2D eigenvalue weighted by Crippen LogP contribution is -2.39. The van der Waals surface area contributed by atoms with Crippen LogP contribution in [0, 0.1) is 6.92 Å². The number of nitrogens with one attached hydrogen (secondary N) is 1.